The molecule has 1 aliphatic rings. The average Bonchev–Trinajstić information content (AvgIpc) is 2.55. The van der Waals surface area contributed by atoms with E-state index in [1.54, 1.807) is 12.4 Å². The standard InChI is InChI=1S/C15H20N6/c1-12-5-8-21(9-6-12)14-11-18-20-15(19-14)17-10-13-4-2-3-7-16-13/h2-4,7,11-12H,5-6,8-10H2,1H3,(H,17,19,20). The fraction of sp³-hybridized carbons (Fsp3) is 0.467. The fourth-order valence-corrected chi connectivity index (χ4v) is 2.43. The largest absolute Gasteiger partial charge is 0.355 e. The lowest BCUT2D eigenvalue weighted by atomic mass is 9.99. The van der Waals surface area contributed by atoms with Crippen LogP contribution in [0.4, 0.5) is 11.8 Å². The molecule has 0 saturated carbocycles. The highest BCUT2D eigenvalue weighted by atomic mass is 15.3. The van der Waals surface area contributed by atoms with Crippen molar-refractivity contribution in [2.45, 2.75) is 26.3 Å². The van der Waals surface area contributed by atoms with Gasteiger partial charge in [-0.05, 0) is 30.9 Å². The van der Waals surface area contributed by atoms with Crippen LogP contribution in [0.25, 0.3) is 0 Å². The highest BCUT2D eigenvalue weighted by Crippen LogP contribution is 2.21. The first-order valence-corrected chi connectivity index (χ1v) is 7.40. The molecule has 110 valence electrons. The van der Waals surface area contributed by atoms with Crippen molar-refractivity contribution in [1.82, 2.24) is 20.2 Å². The number of nitrogens with one attached hydrogen (secondary N) is 1. The maximum atomic E-state index is 4.55. The van der Waals surface area contributed by atoms with E-state index in [4.69, 9.17) is 0 Å². The van der Waals surface area contributed by atoms with Crippen LogP contribution in [0.15, 0.2) is 30.6 Å². The number of rotatable bonds is 4. The van der Waals surface area contributed by atoms with Gasteiger partial charge in [0.15, 0.2) is 5.82 Å². The number of piperidine rings is 1. The minimum Gasteiger partial charge on any atom is -0.355 e. The van der Waals surface area contributed by atoms with E-state index >= 15 is 0 Å². The van der Waals surface area contributed by atoms with Crippen molar-refractivity contribution in [2.75, 3.05) is 23.3 Å². The Bertz CT molecular complexity index is 565. The molecule has 0 spiro atoms. The van der Waals surface area contributed by atoms with Gasteiger partial charge in [0.05, 0.1) is 18.4 Å². The zero-order valence-electron chi connectivity index (χ0n) is 12.2. The third-order valence-corrected chi connectivity index (χ3v) is 3.81. The zero-order valence-corrected chi connectivity index (χ0v) is 12.2. The summed E-state index contributed by atoms with van der Waals surface area (Å²) in [5, 5.41) is 11.3. The average molecular weight is 284 g/mol. The van der Waals surface area contributed by atoms with Crippen molar-refractivity contribution >= 4 is 11.8 Å². The van der Waals surface area contributed by atoms with Gasteiger partial charge in [0.1, 0.15) is 0 Å². The molecule has 0 bridgehead atoms. The topological polar surface area (TPSA) is 66.8 Å². The maximum absolute atomic E-state index is 4.55. The van der Waals surface area contributed by atoms with E-state index in [2.05, 4.69) is 37.3 Å². The lowest BCUT2D eigenvalue weighted by Gasteiger charge is -2.30. The molecular weight excluding hydrogens is 264 g/mol. The summed E-state index contributed by atoms with van der Waals surface area (Å²) in [5.41, 5.74) is 0.957. The third kappa shape index (κ3) is 3.65. The van der Waals surface area contributed by atoms with Crippen molar-refractivity contribution in [3.05, 3.63) is 36.3 Å². The molecular formula is C15H20N6. The normalized spacial score (nSPS) is 16.0. The Kier molecular flexibility index (Phi) is 4.23. The van der Waals surface area contributed by atoms with Gasteiger partial charge in [-0.25, -0.2) is 0 Å². The highest BCUT2D eigenvalue weighted by Gasteiger charge is 2.17. The zero-order chi connectivity index (χ0) is 14.5. The second-order valence-electron chi connectivity index (χ2n) is 5.48. The molecule has 1 N–H and O–H groups in total. The van der Waals surface area contributed by atoms with Crippen LogP contribution < -0.4 is 10.2 Å². The summed E-state index contributed by atoms with van der Waals surface area (Å²) in [6, 6.07) is 5.84. The first-order chi connectivity index (χ1) is 10.3. The first kappa shape index (κ1) is 13.7. The number of pyridine rings is 1. The van der Waals surface area contributed by atoms with Crippen LogP contribution in [0.5, 0.6) is 0 Å². The summed E-state index contributed by atoms with van der Waals surface area (Å²) < 4.78 is 0. The number of nitrogens with zero attached hydrogens (tertiary/aromatic N) is 5. The maximum Gasteiger partial charge on any atom is 0.245 e. The van der Waals surface area contributed by atoms with E-state index in [0.29, 0.717) is 12.5 Å². The summed E-state index contributed by atoms with van der Waals surface area (Å²) in [6.45, 7) is 4.98. The van der Waals surface area contributed by atoms with Crippen molar-refractivity contribution in [1.29, 1.82) is 0 Å². The molecule has 1 fully saturated rings. The van der Waals surface area contributed by atoms with Crippen LogP contribution >= 0.6 is 0 Å². The second-order valence-corrected chi connectivity index (χ2v) is 5.48. The van der Waals surface area contributed by atoms with Gasteiger partial charge in [0.25, 0.3) is 0 Å². The van der Waals surface area contributed by atoms with E-state index in [-0.39, 0.29) is 0 Å². The Balaban J connectivity index is 1.63. The Morgan fingerprint density at radius 1 is 1.29 bits per heavy atom. The van der Waals surface area contributed by atoms with Gasteiger partial charge in [-0.2, -0.15) is 10.1 Å². The molecule has 3 heterocycles. The van der Waals surface area contributed by atoms with Crippen molar-refractivity contribution in [3.63, 3.8) is 0 Å². The Morgan fingerprint density at radius 3 is 2.90 bits per heavy atom. The molecule has 0 aliphatic carbocycles. The predicted octanol–water partition coefficient (Wildman–Crippen LogP) is 2.11. The molecule has 1 aliphatic heterocycles. The van der Waals surface area contributed by atoms with Crippen LogP contribution in [-0.4, -0.2) is 33.3 Å². The first-order valence-electron chi connectivity index (χ1n) is 7.40. The van der Waals surface area contributed by atoms with Crippen LogP contribution in [0.3, 0.4) is 0 Å². The number of anilines is 2. The van der Waals surface area contributed by atoms with Crippen molar-refractivity contribution in [3.8, 4) is 0 Å². The molecule has 6 nitrogen and oxygen atoms in total. The molecule has 1 saturated heterocycles. The predicted molar refractivity (Wildman–Crippen MR) is 82.0 cm³/mol. The lowest BCUT2D eigenvalue weighted by molar-refractivity contribution is 0.436. The molecule has 2 aromatic heterocycles. The van der Waals surface area contributed by atoms with E-state index in [1.165, 1.54) is 12.8 Å². The van der Waals surface area contributed by atoms with Gasteiger partial charge in [0.2, 0.25) is 5.95 Å². The van der Waals surface area contributed by atoms with Crippen LogP contribution in [0, 0.1) is 5.92 Å². The molecule has 0 atom stereocenters. The van der Waals surface area contributed by atoms with Crippen molar-refractivity contribution in [2.24, 2.45) is 5.92 Å². The number of aromatic nitrogens is 4. The molecule has 6 heteroatoms. The lowest BCUT2D eigenvalue weighted by Crippen LogP contribution is -2.33. The summed E-state index contributed by atoms with van der Waals surface area (Å²) in [6.07, 6.45) is 5.94. The molecule has 0 amide bonds. The van der Waals surface area contributed by atoms with Gasteiger partial charge in [-0.1, -0.05) is 13.0 Å². The summed E-state index contributed by atoms with van der Waals surface area (Å²) in [4.78, 5) is 11.1. The van der Waals surface area contributed by atoms with Gasteiger partial charge in [-0.15, -0.1) is 5.10 Å². The Labute approximate surface area is 124 Å². The third-order valence-electron chi connectivity index (χ3n) is 3.81. The molecule has 3 rings (SSSR count). The quantitative estimate of drug-likeness (QED) is 0.927. The van der Waals surface area contributed by atoms with Crippen LogP contribution in [0.1, 0.15) is 25.5 Å². The van der Waals surface area contributed by atoms with Gasteiger partial charge in [-0.3, -0.25) is 4.98 Å². The smallest absolute Gasteiger partial charge is 0.245 e. The molecule has 0 unspecified atom stereocenters. The SMILES string of the molecule is CC1CCN(c2cnnc(NCc3ccccn3)n2)CC1. The Morgan fingerprint density at radius 2 is 2.14 bits per heavy atom. The summed E-state index contributed by atoms with van der Waals surface area (Å²) in [5.74, 6) is 2.26. The molecule has 2 aromatic rings. The molecule has 0 aromatic carbocycles. The van der Waals surface area contributed by atoms with Gasteiger partial charge < -0.3 is 10.2 Å². The monoisotopic (exact) mass is 284 g/mol. The summed E-state index contributed by atoms with van der Waals surface area (Å²) in [7, 11) is 0. The fourth-order valence-electron chi connectivity index (χ4n) is 2.43. The summed E-state index contributed by atoms with van der Waals surface area (Å²) >= 11 is 0. The molecule has 21 heavy (non-hydrogen) atoms. The van der Waals surface area contributed by atoms with Gasteiger partial charge >= 0.3 is 0 Å². The van der Waals surface area contributed by atoms with Crippen LogP contribution in [-0.2, 0) is 6.54 Å². The van der Waals surface area contributed by atoms with E-state index in [9.17, 15) is 0 Å². The Hall–Kier alpha value is -2.24. The highest BCUT2D eigenvalue weighted by molar-refractivity contribution is 5.40. The minimum absolute atomic E-state index is 0.553. The minimum atomic E-state index is 0.553. The number of hydrogen-bond donors (Lipinski definition) is 1. The van der Waals surface area contributed by atoms with Crippen LogP contribution in [0.2, 0.25) is 0 Å². The van der Waals surface area contributed by atoms with E-state index < -0.39 is 0 Å². The second kappa shape index (κ2) is 6.47. The van der Waals surface area contributed by atoms with E-state index in [0.717, 1.165) is 30.5 Å². The van der Waals surface area contributed by atoms with Gasteiger partial charge in [0, 0.05) is 19.3 Å². The van der Waals surface area contributed by atoms with E-state index in [1.807, 2.05) is 18.2 Å². The number of hydrogen-bond acceptors (Lipinski definition) is 6. The van der Waals surface area contributed by atoms with Crippen molar-refractivity contribution < 1.29 is 0 Å². The molecule has 0 radical (unpaired) electrons.